The molecule has 0 amide bonds. The topological polar surface area (TPSA) is 6.48 Å². The number of likely N-dealkylation sites (N-methyl/N-ethyl adjacent to an activating group) is 1. The first kappa shape index (κ1) is 20.3. The van der Waals surface area contributed by atoms with Crippen LogP contribution in [-0.4, -0.2) is 51.0 Å². The summed E-state index contributed by atoms with van der Waals surface area (Å²) in [5, 5.41) is 1.71. The van der Waals surface area contributed by atoms with Crippen molar-refractivity contribution in [1.82, 2.24) is 9.62 Å². The molecule has 2 nitrogen and oxygen atoms in total. The zero-order valence-electron chi connectivity index (χ0n) is 18.3. The van der Waals surface area contributed by atoms with Gasteiger partial charge in [0.15, 0.2) is 0 Å². The van der Waals surface area contributed by atoms with Gasteiger partial charge in [-0.15, -0.1) is 0 Å². The summed E-state index contributed by atoms with van der Waals surface area (Å²) in [6.45, 7) is 13.9. The molecule has 2 aromatic rings. The second-order valence-corrected chi connectivity index (χ2v) is 13.5. The van der Waals surface area contributed by atoms with Crippen molar-refractivity contribution in [3.05, 3.63) is 84.1 Å². The summed E-state index contributed by atoms with van der Waals surface area (Å²) in [5.74, 6) is 0. The van der Waals surface area contributed by atoms with Crippen LogP contribution in [0.5, 0.6) is 0 Å². The van der Waals surface area contributed by atoms with Crippen molar-refractivity contribution in [2.45, 2.75) is 32.4 Å². The smallest absolute Gasteiger partial charge is 0.293 e. The predicted octanol–water partition coefficient (Wildman–Crippen LogP) is 3.59. The van der Waals surface area contributed by atoms with Gasteiger partial charge < -0.3 is 9.62 Å². The highest BCUT2D eigenvalue weighted by Crippen LogP contribution is 2.39. The van der Waals surface area contributed by atoms with Gasteiger partial charge in [-0.25, -0.2) is 0 Å². The average molecular weight is 398 g/mol. The van der Waals surface area contributed by atoms with Crippen molar-refractivity contribution in [2.24, 2.45) is 0 Å². The quantitative estimate of drug-likeness (QED) is 0.687. The molecule has 29 heavy (non-hydrogen) atoms. The summed E-state index contributed by atoms with van der Waals surface area (Å²) in [7, 11) is -1.75. The number of hydrogen-bond donors (Lipinski definition) is 0. The maximum absolute atomic E-state index is 2.63. The molecular formula is C24H32B2N2Si. The van der Waals surface area contributed by atoms with Gasteiger partial charge >= 0.3 is 0 Å². The van der Waals surface area contributed by atoms with Gasteiger partial charge in [0.2, 0.25) is 0 Å². The molecule has 0 aromatic heterocycles. The van der Waals surface area contributed by atoms with Crippen LogP contribution >= 0.6 is 0 Å². The van der Waals surface area contributed by atoms with Crippen molar-refractivity contribution in [1.29, 1.82) is 0 Å². The third kappa shape index (κ3) is 3.67. The van der Waals surface area contributed by atoms with E-state index in [0.29, 0.717) is 19.1 Å². The Hall–Kier alpha value is -1.97. The molecule has 0 fully saturated rings. The van der Waals surface area contributed by atoms with E-state index in [1.807, 2.05) is 0 Å². The van der Waals surface area contributed by atoms with E-state index in [0.717, 1.165) is 19.6 Å². The van der Waals surface area contributed by atoms with Crippen molar-refractivity contribution >= 4 is 32.7 Å². The molecule has 2 heterocycles. The number of rotatable bonds is 6. The number of hydrogen-bond acceptors (Lipinski definition) is 2. The molecule has 148 valence electrons. The standard InChI is InChI=1S/C24H32B2N2Si/c1-5-27-19-17-23(25(27)21-13-9-7-10-14-21)29(3,4)24-18-20-28(6-2)26(24)22-15-11-8-12-16-22/h7-19,23H,5-6,20H2,1-4H3. The molecular weight excluding hydrogens is 366 g/mol. The van der Waals surface area contributed by atoms with Gasteiger partial charge in [0, 0.05) is 13.1 Å². The Labute approximate surface area is 178 Å². The molecule has 0 spiro atoms. The monoisotopic (exact) mass is 398 g/mol. The van der Waals surface area contributed by atoms with Crippen LogP contribution in [0.15, 0.2) is 84.1 Å². The largest absolute Gasteiger partial charge is 0.417 e. The zero-order chi connectivity index (χ0) is 20.4. The van der Waals surface area contributed by atoms with Gasteiger partial charge in [-0.3, -0.25) is 0 Å². The van der Waals surface area contributed by atoms with E-state index in [1.54, 1.807) is 5.10 Å². The predicted molar refractivity (Wildman–Crippen MR) is 132 cm³/mol. The summed E-state index contributed by atoms with van der Waals surface area (Å²) in [6.07, 6.45) is 7.45. The molecule has 1 unspecified atom stereocenters. The van der Waals surface area contributed by atoms with E-state index in [-0.39, 0.29) is 0 Å². The molecule has 2 aliphatic rings. The Balaban J connectivity index is 1.72. The Kier molecular flexibility index (Phi) is 5.89. The molecule has 2 aromatic carbocycles. The summed E-state index contributed by atoms with van der Waals surface area (Å²) in [5.41, 5.74) is 3.48. The van der Waals surface area contributed by atoms with Gasteiger partial charge in [-0.2, -0.15) is 0 Å². The van der Waals surface area contributed by atoms with Gasteiger partial charge in [-0.1, -0.05) is 109 Å². The van der Waals surface area contributed by atoms with Gasteiger partial charge in [-0.05, 0) is 25.1 Å². The fraction of sp³-hybridized carbons (Fsp3) is 0.333. The van der Waals surface area contributed by atoms with Crippen molar-refractivity contribution in [2.75, 3.05) is 19.6 Å². The van der Waals surface area contributed by atoms with Crippen LogP contribution in [-0.2, 0) is 0 Å². The Bertz CT molecular complexity index is 882. The normalized spacial score (nSPS) is 19.9. The minimum Gasteiger partial charge on any atom is -0.417 e. The lowest BCUT2D eigenvalue weighted by molar-refractivity contribution is 0.525. The van der Waals surface area contributed by atoms with E-state index in [2.05, 4.69) is 116 Å². The van der Waals surface area contributed by atoms with E-state index in [1.165, 1.54) is 10.9 Å². The SMILES string of the molecule is CCN1C=CC([Si](C)(C)C2=CCN(CC)B2c2ccccc2)B1c1ccccc1. The van der Waals surface area contributed by atoms with Gasteiger partial charge in [0.1, 0.15) is 0 Å². The van der Waals surface area contributed by atoms with E-state index < -0.39 is 8.07 Å². The fourth-order valence-electron chi connectivity index (χ4n) is 5.37. The highest BCUT2D eigenvalue weighted by atomic mass is 28.3. The van der Waals surface area contributed by atoms with Crippen LogP contribution in [0.4, 0.5) is 0 Å². The first-order valence-corrected chi connectivity index (χ1v) is 14.1. The van der Waals surface area contributed by atoms with E-state index >= 15 is 0 Å². The van der Waals surface area contributed by atoms with Gasteiger partial charge in [0.05, 0.1) is 8.07 Å². The molecule has 0 aliphatic carbocycles. The molecule has 0 bridgehead atoms. The maximum atomic E-state index is 2.63. The lowest BCUT2D eigenvalue weighted by atomic mass is 9.52. The van der Waals surface area contributed by atoms with Crippen LogP contribution in [0.2, 0.25) is 18.5 Å². The van der Waals surface area contributed by atoms with E-state index in [4.69, 9.17) is 0 Å². The Morgan fingerprint density at radius 3 is 2.10 bits per heavy atom. The molecule has 0 saturated heterocycles. The minimum absolute atomic E-state index is 0.434. The molecule has 4 rings (SSSR count). The zero-order valence-corrected chi connectivity index (χ0v) is 19.3. The molecule has 0 N–H and O–H groups in total. The highest BCUT2D eigenvalue weighted by Gasteiger charge is 2.50. The average Bonchev–Trinajstić information content (AvgIpc) is 3.40. The number of allylic oxidation sites excluding steroid dienone is 1. The van der Waals surface area contributed by atoms with Crippen LogP contribution in [0.3, 0.4) is 0 Å². The molecule has 5 heteroatoms. The first-order chi connectivity index (χ1) is 14.1. The second-order valence-electron chi connectivity index (χ2n) is 8.84. The lowest BCUT2D eigenvalue weighted by Crippen LogP contribution is -2.58. The minimum atomic E-state index is -1.75. The lowest BCUT2D eigenvalue weighted by Gasteiger charge is -2.38. The number of benzene rings is 2. The van der Waals surface area contributed by atoms with Crippen LogP contribution in [0.25, 0.3) is 0 Å². The summed E-state index contributed by atoms with van der Waals surface area (Å²) >= 11 is 0. The molecule has 0 saturated carbocycles. The highest BCUT2D eigenvalue weighted by molar-refractivity contribution is 7.08. The van der Waals surface area contributed by atoms with E-state index in [9.17, 15) is 0 Å². The van der Waals surface area contributed by atoms with Crippen LogP contribution in [0, 0.1) is 0 Å². The van der Waals surface area contributed by atoms with Crippen LogP contribution < -0.4 is 10.9 Å². The fourth-order valence-corrected chi connectivity index (χ4v) is 9.17. The second kappa shape index (κ2) is 8.41. The van der Waals surface area contributed by atoms with Gasteiger partial charge in [0.25, 0.3) is 13.7 Å². The van der Waals surface area contributed by atoms with Crippen molar-refractivity contribution < 1.29 is 0 Å². The Morgan fingerprint density at radius 2 is 1.52 bits per heavy atom. The Morgan fingerprint density at radius 1 is 0.897 bits per heavy atom. The molecule has 0 radical (unpaired) electrons. The molecule has 1 atom stereocenters. The molecule has 2 aliphatic heterocycles. The third-order valence-electron chi connectivity index (χ3n) is 6.99. The number of nitrogens with zero attached hydrogens (tertiary/aromatic N) is 2. The maximum Gasteiger partial charge on any atom is 0.293 e. The third-order valence-corrected chi connectivity index (χ3v) is 11.1. The van der Waals surface area contributed by atoms with Crippen LogP contribution in [0.1, 0.15) is 13.8 Å². The first-order valence-electron chi connectivity index (χ1n) is 11.1. The van der Waals surface area contributed by atoms with Crippen molar-refractivity contribution in [3.63, 3.8) is 0 Å². The van der Waals surface area contributed by atoms with Crippen molar-refractivity contribution in [3.8, 4) is 0 Å². The summed E-state index contributed by atoms with van der Waals surface area (Å²) in [4.78, 5) is 5.17. The summed E-state index contributed by atoms with van der Waals surface area (Å²) < 4.78 is 0. The summed E-state index contributed by atoms with van der Waals surface area (Å²) in [6, 6.07) is 22.3.